The highest BCUT2D eigenvalue weighted by molar-refractivity contribution is 7.12. The van der Waals surface area contributed by atoms with Crippen LogP contribution in [0.5, 0.6) is 0 Å². The topological polar surface area (TPSA) is 91.8 Å². The average Bonchev–Trinajstić information content (AvgIpc) is 3.60. The van der Waals surface area contributed by atoms with E-state index in [0.29, 0.717) is 60.5 Å². The van der Waals surface area contributed by atoms with Gasteiger partial charge in [0.25, 0.3) is 0 Å². The molecular formula is C32H38F4N6O3S. The third kappa shape index (κ3) is 8.26. The number of nitrogens with zero attached hydrogens (tertiary/aromatic N) is 6. The van der Waals surface area contributed by atoms with Crippen LogP contribution in [0.15, 0.2) is 30.6 Å². The number of carbonyl (C=O) groups excluding carboxylic acids is 2. The van der Waals surface area contributed by atoms with Crippen molar-refractivity contribution >= 4 is 28.9 Å². The molecule has 2 atom stereocenters. The van der Waals surface area contributed by atoms with Crippen molar-refractivity contribution in [3.05, 3.63) is 57.6 Å². The summed E-state index contributed by atoms with van der Waals surface area (Å²) in [6, 6.07) is 2.84. The van der Waals surface area contributed by atoms with E-state index in [1.165, 1.54) is 17.5 Å². The molecule has 14 heteroatoms. The molecule has 5 rings (SSSR count). The first kappa shape index (κ1) is 33.9. The molecule has 2 fully saturated rings. The predicted octanol–water partition coefficient (Wildman–Crippen LogP) is 5.63. The number of likely N-dealkylation sites (tertiary alicyclic amines) is 1. The van der Waals surface area contributed by atoms with E-state index in [9.17, 15) is 27.2 Å². The smallest absolute Gasteiger partial charge is 0.416 e. The van der Waals surface area contributed by atoms with Crippen LogP contribution in [0.25, 0.3) is 11.3 Å². The Labute approximate surface area is 269 Å². The largest absolute Gasteiger partial charge is 0.466 e. The Morgan fingerprint density at radius 1 is 1.07 bits per heavy atom. The van der Waals surface area contributed by atoms with Crippen molar-refractivity contribution in [2.45, 2.75) is 71.3 Å². The third-order valence-electron chi connectivity index (χ3n) is 8.46. The van der Waals surface area contributed by atoms with E-state index in [1.807, 2.05) is 0 Å². The van der Waals surface area contributed by atoms with Crippen molar-refractivity contribution in [2.24, 2.45) is 0 Å². The Bertz CT molecular complexity index is 1530. The number of hydrogen-bond acceptors (Lipinski definition) is 10. The van der Waals surface area contributed by atoms with Gasteiger partial charge < -0.3 is 9.64 Å². The minimum Gasteiger partial charge on any atom is -0.466 e. The lowest BCUT2D eigenvalue weighted by molar-refractivity contribution is -0.143. The van der Waals surface area contributed by atoms with Crippen molar-refractivity contribution < 1.29 is 31.9 Å². The molecule has 2 saturated heterocycles. The Balaban J connectivity index is 1.29. The van der Waals surface area contributed by atoms with Gasteiger partial charge >= 0.3 is 12.1 Å². The van der Waals surface area contributed by atoms with Gasteiger partial charge in [-0.1, -0.05) is 0 Å². The van der Waals surface area contributed by atoms with Gasteiger partial charge in [0.15, 0.2) is 5.78 Å². The zero-order chi connectivity index (χ0) is 33.0. The maximum Gasteiger partial charge on any atom is 0.416 e. The van der Waals surface area contributed by atoms with E-state index in [4.69, 9.17) is 4.74 Å². The standard InChI is InChI=1S/C32H38F4N6O3S/c1-4-45-30(44)7-9-40-10-11-42(21(3)18-40)28-17-37-25(16-38-28)26(43)15-29-39-31(27(46-29)19-41-8-5-6-20(41)2)22-12-23(32(34,35)36)14-24(33)13-22/h12-14,16-17,20-21H,4-11,15,18-19H2,1-3H3/t20-,21+/m1/s1. The monoisotopic (exact) mass is 662 g/mol. The van der Waals surface area contributed by atoms with Gasteiger partial charge in [-0.05, 0) is 58.4 Å². The molecule has 9 nitrogen and oxygen atoms in total. The summed E-state index contributed by atoms with van der Waals surface area (Å²) in [4.78, 5) is 45.7. The van der Waals surface area contributed by atoms with Crippen LogP contribution in [0, 0.1) is 5.82 Å². The van der Waals surface area contributed by atoms with E-state index >= 15 is 0 Å². The molecule has 3 aromatic rings. The van der Waals surface area contributed by atoms with Crippen LogP contribution >= 0.6 is 11.3 Å². The van der Waals surface area contributed by atoms with Crippen LogP contribution in [0.2, 0.25) is 0 Å². The van der Waals surface area contributed by atoms with E-state index in [1.54, 1.807) is 13.1 Å². The number of esters is 1. The number of piperazine rings is 1. The van der Waals surface area contributed by atoms with Gasteiger partial charge in [0.2, 0.25) is 0 Å². The van der Waals surface area contributed by atoms with Gasteiger partial charge in [-0.3, -0.25) is 19.4 Å². The molecule has 46 heavy (non-hydrogen) atoms. The predicted molar refractivity (Wildman–Crippen MR) is 166 cm³/mol. The molecule has 0 unspecified atom stereocenters. The molecule has 0 radical (unpaired) electrons. The summed E-state index contributed by atoms with van der Waals surface area (Å²) in [7, 11) is 0. The summed E-state index contributed by atoms with van der Waals surface area (Å²) in [6.07, 6.45) is 0.535. The highest BCUT2D eigenvalue weighted by Crippen LogP contribution is 2.37. The lowest BCUT2D eigenvalue weighted by Crippen LogP contribution is -2.52. The SMILES string of the molecule is CCOC(=O)CCN1CCN(c2cnc(C(=O)Cc3nc(-c4cc(F)cc(C(F)(F)F)c4)c(CN4CCC[C@H]4C)s3)cn2)[C@@H](C)C1. The molecule has 4 heterocycles. The second-order valence-corrected chi connectivity index (χ2v) is 13.0. The number of anilines is 1. The summed E-state index contributed by atoms with van der Waals surface area (Å²) < 4.78 is 59.9. The van der Waals surface area contributed by atoms with Crippen molar-refractivity contribution in [2.75, 3.05) is 44.2 Å². The van der Waals surface area contributed by atoms with Crippen LogP contribution in [0.4, 0.5) is 23.4 Å². The summed E-state index contributed by atoms with van der Waals surface area (Å²) in [5, 5.41) is 0.415. The molecular weight excluding hydrogens is 624 g/mol. The molecule has 0 amide bonds. The highest BCUT2D eigenvalue weighted by atomic mass is 32.1. The summed E-state index contributed by atoms with van der Waals surface area (Å²) in [6.45, 7) is 10.4. The number of halogens is 4. The van der Waals surface area contributed by atoms with Crippen molar-refractivity contribution in [3.63, 3.8) is 0 Å². The van der Waals surface area contributed by atoms with E-state index in [2.05, 4.69) is 43.5 Å². The maximum absolute atomic E-state index is 14.4. The zero-order valence-electron chi connectivity index (χ0n) is 26.1. The van der Waals surface area contributed by atoms with Gasteiger partial charge in [-0.15, -0.1) is 11.3 Å². The highest BCUT2D eigenvalue weighted by Gasteiger charge is 2.33. The molecule has 0 spiro atoms. The van der Waals surface area contributed by atoms with Gasteiger partial charge in [0.1, 0.15) is 22.3 Å². The molecule has 2 aliphatic heterocycles. The molecule has 0 bridgehead atoms. The summed E-state index contributed by atoms with van der Waals surface area (Å²) in [5.74, 6) is -0.898. The van der Waals surface area contributed by atoms with E-state index in [0.717, 1.165) is 44.6 Å². The third-order valence-corrected chi connectivity index (χ3v) is 9.50. The molecule has 0 aliphatic carbocycles. The van der Waals surface area contributed by atoms with E-state index in [-0.39, 0.29) is 41.2 Å². The maximum atomic E-state index is 14.4. The molecule has 2 aliphatic rings. The Kier molecular flexibility index (Phi) is 10.7. The molecule has 1 aromatic carbocycles. The fourth-order valence-electron chi connectivity index (χ4n) is 6.01. The lowest BCUT2D eigenvalue weighted by atomic mass is 10.1. The number of ketones is 1. The summed E-state index contributed by atoms with van der Waals surface area (Å²) in [5.41, 5.74) is -0.644. The summed E-state index contributed by atoms with van der Waals surface area (Å²) >= 11 is 1.25. The number of benzene rings is 1. The van der Waals surface area contributed by atoms with Crippen LogP contribution in [-0.4, -0.2) is 87.9 Å². The van der Waals surface area contributed by atoms with Gasteiger partial charge in [0.05, 0.1) is 43.1 Å². The minimum absolute atomic E-state index is 0.0309. The van der Waals surface area contributed by atoms with Crippen molar-refractivity contribution in [1.29, 1.82) is 0 Å². The second-order valence-electron chi connectivity index (χ2n) is 11.8. The van der Waals surface area contributed by atoms with Crippen LogP contribution in [0.3, 0.4) is 0 Å². The second kappa shape index (κ2) is 14.5. The van der Waals surface area contributed by atoms with Crippen molar-refractivity contribution in [1.82, 2.24) is 24.8 Å². The molecule has 2 aromatic heterocycles. The average molecular weight is 663 g/mol. The molecule has 0 saturated carbocycles. The first-order valence-corrected chi connectivity index (χ1v) is 16.3. The molecule has 248 valence electrons. The van der Waals surface area contributed by atoms with E-state index < -0.39 is 17.6 Å². The molecule has 0 N–H and O–H groups in total. The number of hydrogen-bond donors (Lipinski definition) is 0. The number of rotatable bonds is 11. The normalized spacial score (nSPS) is 19.5. The lowest BCUT2D eigenvalue weighted by Gasteiger charge is -2.40. The van der Waals surface area contributed by atoms with Crippen LogP contribution < -0.4 is 4.90 Å². The first-order valence-electron chi connectivity index (χ1n) is 15.5. The number of Topliss-reactive ketones (excluding diaryl/α,β-unsaturated/α-hetero) is 1. The minimum atomic E-state index is -4.71. The zero-order valence-corrected chi connectivity index (χ0v) is 27.0. The van der Waals surface area contributed by atoms with Crippen LogP contribution in [0.1, 0.15) is 66.0 Å². The number of ether oxygens (including phenoxy) is 1. The number of carbonyl (C=O) groups is 2. The Hall–Kier alpha value is -3.49. The van der Waals surface area contributed by atoms with Crippen LogP contribution in [-0.2, 0) is 28.7 Å². The Morgan fingerprint density at radius 3 is 2.52 bits per heavy atom. The number of aromatic nitrogens is 3. The van der Waals surface area contributed by atoms with Gasteiger partial charge in [0, 0.05) is 55.2 Å². The fourth-order valence-corrected chi connectivity index (χ4v) is 7.13. The number of alkyl halides is 3. The first-order chi connectivity index (χ1) is 21.9. The fraction of sp³-hybridized carbons (Fsp3) is 0.531. The number of thiazole rings is 1. The van der Waals surface area contributed by atoms with Crippen molar-refractivity contribution in [3.8, 4) is 11.3 Å². The van der Waals surface area contributed by atoms with Gasteiger partial charge in [-0.2, -0.15) is 13.2 Å². The quantitative estimate of drug-likeness (QED) is 0.147. The van der Waals surface area contributed by atoms with Gasteiger partial charge in [-0.25, -0.2) is 19.3 Å². The Morgan fingerprint density at radius 2 is 1.87 bits per heavy atom.